The highest BCUT2D eigenvalue weighted by molar-refractivity contribution is 5.37. The number of hydrogen-bond acceptors (Lipinski definition) is 4. The van der Waals surface area contributed by atoms with E-state index in [2.05, 4.69) is 15.4 Å². The van der Waals surface area contributed by atoms with Gasteiger partial charge in [-0.3, -0.25) is 14.5 Å². The van der Waals surface area contributed by atoms with Crippen molar-refractivity contribution < 1.29 is 5.11 Å². The van der Waals surface area contributed by atoms with Crippen LogP contribution in [0.3, 0.4) is 0 Å². The maximum absolute atomic E-state index is 12.3. The number of aromatic hydroxyl groups is 1. The van der Waals surface area contributed by atoms with E-state index in [-0.39, 0.29) is 11.3 Å². The van der Waals surface area contributed by atoms with Crippen LogP contribution in [-0.2, 0) is 12.8 Å². The van der Waals surface area contributed by atoms with Gasteiger partial charge in [0.25, 0.3) is 5.56 Å². The zero-order chi connectivity index (χ0) is 16.8. The number of H-pyrrole nitrogens is 1. The lowest BCUT2D eigenvalue weighted by molar-refractivity contribution is 0.454. The minimum absolute atomic E-state index is 0.155. The number of aryl methyl sites for hydroxylation is 2. The first kappa shape index (κ1) is 16.0. The Morgan fingerprint density at radius 2 is 1.83 bits per heavy atom. The van der Waals surface area contributed by atoms with Crippen molar-refractivity contribution in [3.8, 4) is 11.4 Å². The summed E-state index contributed by atoms with van der Waals surface area (Å²) in [6.45, 7) is 0. The average molecular weight is 324 g/mol. The molecule has 0 amide bonds. The third kappa shape index (κ3) is 3.71. The third-order valence-corrected chi connectivity index (χ3v) is 4.03. The van der Waals surface area contributed by atoms with E-state index in [4.69, 9.17) is 0 Å². The summed E-state index contributed by atoms with van der Waals surface area (Å²) in [4.78, 5) is 12.3. The topological polar surface area (TPSA) is 83.8 Å². The Bertz CT molecular complexity index is 826. The molecule has 0 spiro atoms. The summed E-state index contributed by atoms with van der Waals surface area (Å²) in [6.07, 6.45) is 8.04. The zero-order valence-electron chi connectivity index (χ0n) is 13.4. The third-order valence-electron chi connectivity index (χ3n) is 4.03. The second kappa shape index (κ2) is 7.59. The molecule has 0 aliphatic heterocycles. The van der Waals surface area contributed by atoms with Gasteiger partial charge in [-0.05, 0) is 43.9 Å². The standard InChI is InChI=1S/C18H20N4O2/c23-17-14(7-3-1-4-8-15-13-19-21-20-15)11-12-22(18(17)24)16-9-5-2-6-10-16/h2,5-6,9-13,23H,1,3-4,7-8H2,(H,19,20,21). The van der Waals surface area contributed by atoms with Crippen molar-refractivity contribution in [2.24, 2.45) is 0 Å². The molecule has 3 rings (SSSR count). The van der Waals surface area contributed by atoms with Crippen molar-refractivity contribution >= 4 is 0 Å². The van der Waals surface area contributed by atoms with Gasteiger partial charge in [0.15, 0.2) is 5.75 Å². The molecule has 0 saturated carbocycles. The van der Waals surface area contributed by atoms with Gasteiger partial charge in [-0.2, -0.15) is 0 Å². The number of rotatable bonds is 7. The molecule has 0 radical (unpaired) electrons. The summed E-state index contributed by atoms with van der Waals surface area (Å²) in [7, 11) is 0. The number of para-hydroxylation sites is 1. The van der Waals surface area contributed by atoms with Crippen LogP contribution in [0.1, 0.15) is 30.5 Å². The molecule has 0 fully saturated rings. The van der Waals surface area contributed by atoms with Crippen LogP contribution in [0.2, 0.25) is 0 Å². The van der Waals surface area contributed by atoms with Crippen molar-refractivity contribution in [2.45, 2.75) is 32.1 Å². The summed E-state index contributed by atoms with van der Waals surface area (Å²) < 4.78 is 1.46. The van der Waals surface area contributed by atoms with Gasteiger partial charge < -0.3 is 5.11 Å². The molecule has 6 heteroatoms. The number of benzene rings is 1. The summed E-state index contributed by atoms with van der Waals surface area (Å²) in [5, 5.41) is 20.5. The quantitative estimate of drug-likeness (QED) is 0.654. The lowest BCUT2D eigenvalue weighted by Crippen LogP contribution is -2.18. The molecule has 0 saturated heterocycles. The van der Waals surface area contributed by atoms with Gasteiger partial charge in [-0.15, -0.1) is 5.10 Å². The Morgan fingerprint density at radius 3 is 2.58 bits per heavy atom. The maximum Gasteiger partial charge on any atom is 0.297 e. The van der Waals surface area contributed by atoms with Crippen molar-refractivity contribution in [2.75, 3.05) is 0 Å². The van der Waals surface area contributed by atoms with Crippen LogP contribution in [0.5, 0.6) is 5.75 Å². The first-order valence-corrected chi connectivity index (χ1v) is 8.10. The molecule has 6 nitrogen and oxygen atoms in total. The van der Waals surface area contributed by atoms with E-state index in [0.717, 1.165) is 37.1 Å². The van der Waals surface area contributed by atoms with Gasteiger partial charge in [0.1, 0.15) is 0 Å². The largest absolute Gasteiger partial charge is 0.503 e. The SMILES string of the molecule is O=c1c(O)c(CCCCCc2c[nH]nn2)ccn1-c1ccccc1. The predicted molar refractivity (Wildman–Crippen MR) is 91.3 cm³/mol. The van der Waals surface area contributed by atoms with Gasteiger partial charge in [-0.25, -0.2) is 0 Å². The van der Waals surface area contributed by atoms with Gasteiger partial charge in [-0.1, -0.05) is 29.8 Å². The van der Waals surface area contributed by atoms with E-state index in [9.17, 15) is 9.90 Å². The molecule has 0 aliphatic carbocycles. The molecule has 2 N–H and O–H groups in total. The van der Waals surface area contributed by atoms with Crippen LogP contribution in [0.25, 0.3) is 5.69 Å². The van der Waals surface area contributed by atoms with Crippen molar-refractivity contribution in [1.82, 2.24) is 20.0 Å². The fourth-order valence-corrected chi connectivity index (χ4v) is 2.70. The van der Waals surface area contributed by atoms with Crippen LogP contribution >= 0.6 is 0 Å². The molecule has 3 aromatic rings. The van der Waals surface area contributed by atoms with Crippen LogP contribution in [0, 0.1) is 0 Å². The Hall–Kier alpha value is -2.89. The molecule has 124 valence electrons. The van der Waals surface area contributed by atoms with Crippen LogP contribution in [-0.4, -0.2) is 25.1 Å². The Balaban J connectivity index is 1.58. The van der Waals surface area contributed by atoms with Gasteiger partial charge in [0, 0.05) is 23.6 Å². The van der Waals surface area contributed by atoms with Crippen LogP contribution in [0.15, 0.2) is 53.6 Å². The summed E-state index contributed by atoms with van der Waals surface area (Å²) in [5.41, 5.74) is 2.04. The summed E-state index contributed by atoms with van der Waals surface area (Å²) in [5.74, 6) is -0.155. The first-order chi connectivity index (χ1) is 11.8. The minimum Gasteiger partial charge on any atom is -0.503 e. The minimum atomic E-state index is -0.374. The summed E-state index contributed by atoms with van der Waals surface area (Å²) >= 11 is 0. The number of hydrogen-bond donors (Lipinski definition) is 2. The van der Waals surface area contributed by atoms with Crippen molar-refractivity contribution in [1.29, 1.82) is 0 Å². The van der Waals surface area contributed by atoms with Gasteiger partial charge >= 0.3 is 0 Å². The lowest BCUT2D eigenvalue weighted by Gasteiger charge is -2.09. The molecule has 0 aliphatic rings. The maximum atomic E-state index is 12.3. The fourth-order valence-electron chi connectivity index (χ4n) is 2.70. The molecule has 1 aromatic carbocycles. The Morgan fingerprint density at radius 1 is 1.04 bits per heavy atom. The van der Waals surface area contributed by atoms with Gasteiger partial charge in [0.2, 0.25) is 0 Å². The van der Waals surface area contributed by atoms with Crippen molar-refractivity contribution in [3.05, 3.63) is 70.4 Å². The second-order valence-corrected chi connectivity index (χ2v) is 5.73. The number of nitrogens with one attached hydrogen (secondary N) is 1. The number of pyridine rings is 1. The van der Waals surface area contributed by atoms with E-state index in [0.29, 0.717) is 12.0 Å². The smallest absolute Gasteiger partial charge is 0.297 e. The molecule has 0 atom stereocenters. The van der Waals surface area contributed by atoms with E-state index in [1.165, 1.54) is 4.57 Å². The predicted octanol–water partition coefficient (Wildman–Crippen LogP) is 2.62. The highest BCUT2D eigenvalue weighted by Gasteiger charge is 2.09. The summed E-state index contributed by atoms with van der Waals surface area (Å²) in [6, 6.07) is 11.1. The fraction of sp³-hybridized carbons (Fsp3) is 0.278. The second-order valence-electron chi connectivity index (χ2n) is 5.73. The number of nitrogens with zero attached hydrogens (tertiary/aromatic N) is 3. The number of unbranched alkanes of at least 4 members (excludes halogenated alkanes) is 2. The van der Waals surface area contributed by atoms with E-state index in [1.54, 1.807) is 12.4 Å². The Labute approximate surface area is 139 Å². The van der Waals surface area contributed by atoms with Crippen molar-refractivity contribution in [3.63, 3.8) is 0 Å². The van der Waals surface area contributed by atoms with E-state index < -0.39 is 0 Å². The van der Waals surface area contributed by atoms with Crippen LogP contribution in [0.4, 0.5) is 0 Å². The normalized spacial score (nSPS) is 10.8. The Kier molecular flexibility index (Phi) is 5.05. The highest BCUT2D eigenvalue weighted by atomic mass is 16.3. The number of aromatic amines is 1. The lowest BCUT2D eigenvalue weighted by atomic mass is 10.1. The molecular formula is C18H20N4O2. The first-order valence-electron chi connectivity index (χ1n) is 8.10. The zero-order valence-corrected chi connectivity index (χ0v) is 13.4. The molecule has 2 heterocycles. The molecule has 2 aromatic heterocycles. The van der Waals surface area contributed by atoms with Gasteiger partial charge in [0.05, 0.1) is 5.69 Å². The highest BCUT2D eigenvalue weighted by Crippen LogP contribution is 2.17. The molecular weight excluding hydrogens is 304 g/mol. The average Bonchev–Trinajstić information content (AvgIpc) is 3.12. The number of aromatic nitrogens is 4. The van der Waals surface area contributed by atoms with Crippen LogP contribution < -0.4 is 5.56 Å². The molecule has 0 unspecified atom stereocenters. The van der Waals surface area contributed by atoms with E-state index in [1.807, 2.05) is 36.4 Å². The molecule has 0 bridgehead atoms. The monoisotopic (exact) mass is 324 g/mol. The molecule has 24 heavy (non-hydrogen) atoms. The van der Waals surface area contributed by atoms with E-state index >= 15 is 0 Å².